The van der Waals surface area contributed by atoms with E-state index in [0.717, 1.165) is 6.42 Å². The Bertz CT molecular complexity index is 342. The fourth-order valence-corrected chi connectivity index (χ4v) is 1.91. The molecule has 0 aromatic carbocycles. The molecule has 1 aliphatic rings. The van der Waals surface area contributed by atoms with Gasteiger partial charge in [0, 0.05) is 36.2 Å². The fourth-order valence-electron chi connectivity index (χ4n) is 1.91. The number of aromatic nitrogens is 1. The van der Waals surface area contributed by atoms with E-state index in [1.54, 1.807) is 0 Å². The van der Waals surface area contributed by atoms with Crippen LogP contribution in [0.3, 0.4) is 0 Å². The maximum Gasteiger partial charge on any atom is 0.0478 e. The number of nitrogens with zero attached hydrogens (tertiary/aromatic N) is 2. The zero-order chi connectivity index (χ0) is 9.42. The molecule has 0 fully saturated rings. The van der Waals surface area contributed by atoms with Crippen molar-refractivity contribution in [1.29, 1.82) is 0 Å². The van der Waals surface area contributed by atoms with Crippen molar-refractivity contribution in [3.8, 4) is 0 Å². The first-order chi connectivity index (χ1) is 6.20. The van der Waals surface area contributed by atoms with Crippen LogP contribution in [0.15, 0.2) is 30.7 Å². The average Bonchev–Trinajstić information content (AvgIpc) is 2.39. The Morgan fingerprint density at radius 2 is 2.31 bits per heavy atom. The molecule has 0 saturated heterocycles. The molecule has 2 rings (SSSR count). The van der Waals surface area contributed by atoms with Gasteiger partial charge in [0.2, 0.25) is 0 Å². The first-order valence-electron chi connectivity index (χ1n) is 4.60. The van der Waals surface area contributed by atoms with Gasteiger partial charge >= 0.3 is 0 Å². The number of fused-ring (bicyclic) bond motifs is 1. The zero-order valence-corrected chi connectivity index (χ0v) is 8.12. The Labute approximate surface area is 78.9 Å². The van der Waals surface area contributed by atoms with Crippen LogP contribution in [0.2, 0.25) is 0 Å². The lowest BCUT2D eigenvalue weighted by Gasteiger charge is -2.24. The monoisotopic (exact) mass is 174 g/mol. The molecule has 0 amide bonds. The summed E-state index contributed by atoms with van der Waals surface area (Å²) in [7, 11) is 0. The molecule has 0 unspecified atom stereocenters. The molecule has 2 nitrogen and oxygen atoms in total. The minimum atomic E-state index is 0.483. The van der Waals surface area contributed by atoms with Crippen molar-refractivity contribution in [2.75, 3.05) is 4.90 Å². The van der Waals surface area contributed by atoms with Gasteiger partial charge in [0.25, 0.3) is 0 Å². The number of allylic oxidation sites excluding steroid dienone is 1. The van der Waals surface area contributed by atoms with E-state index in [4.69, 9.17) is 0 Å². The first kappa shape index (κ1) is 8.30. The molecule has 0 saturated carbocycles. The van der Waals surface area contributed by atoms with Crippen LogP contribution in [0, 0.1) is 0 Å². The summed E-state index contributed by atoms with van der Waals surface area (Å²) < 4.78 is 0. The number of hydrogen-bond acceptors (Lipinski definition) is 2. The first-order valence-corrected chi connectivity index (χ1v) is 4.60. The Morgan fingerprint density at radius 3 is 3.00 bits per heavy atom. The highest BCUT2D eigenvalue weighted by Crippen LogP contribution is 2.34. The Kier molecular flexibility index (Phi) is 1.83. The van der Waals surface area contributed by atoms with Crippen LogP contribution in [0.4, 0.5) is 5.69 Å². The third-order valence-corrected chi connectivity index (χ3v) is 2.39. The summed E-state index contributed by atoms with van der Waals surface area (Å²) in [5.41, 5.74) is 3.74. The minimum Gasteiger partial charge on any atom is -0.343 e. The molecule has 0 N–H and O–H groups in total. The molecule has 0 bridgehead atoms. The number of pyridine rings is 1. The van der Waals surface area contributed by atoms with Crippen molar-refractivity contribution in [3.63, 3.8) is 0 Å². The smallest absolute Gasteiger partial charge is 0.0478 e. The third-order valence-electron chi connectivity index (χ3n) is 2.39. The molecule has 0 atom stereocenters. The lowest BCUT2D eigenvalue weighted by molar-refractivity contribution is 0.764. The van der Waals surface area contributed by atoms with Crippen molar-refractivity contribution >= 4 is 5.69 Å². The van der Waals surface area contributed by atoms with E-state index in [2.05, 4.69) is 36.4 Å². The predicted octanol–water partition coefficient (Wildman–Crippen LogP) is 2.37. The topological polar surface area (TPSA) is 16.1 Å². The quantitative estimate of drug-likeness (QED) is 0.649. The fraction of sp³-hybridized carbons (Fsp3) is 0.364. The number of hydrogen-bond donors (Lipinski definition) is 0. The molecule has 2 heteroatoms. The van der Waals surface area contributed by atoms with E-state index in [-0.39, 0.29) is 0 Å². The summed E-state index contributed by atoms with van der Waals surface area (Å²) in [5.74, 6) is 0. The van der Waals surface area contributed by atoms with Gasteiger partial charge < -0.3 is 4.90 Å². The van der Waals surface area contributed by atoms with Crippen LogP contribution in [0.5, 0.6) is 0 Å². The van der Waals surface area contributed by atoms with Gasteiger partial charge in [-0.1, -0.05) is 6.58 Å². The van der Waals surface area contributed by atoms with E-state index >= 15 is 0 Å². The van der Waals surface area contributed by atoms with Gasteiger partial charge in [0.15, 0.2) is 0 Å². The number of anilines is 1. The van der Waals surface area contributed by atoms with E-state index < -0.39 is 0 Å². The molecule has 2 heterocycles. The third kappa shape index (κ3) is 1.22. The SMILES string of the molecule is C=C1Cc2cnccc2N1C(C)C. The molecular weight excluding hydrogens is 160 g/mol. The summed E-state index contributed by atoms with van der Waals surface area (Å²) in [6.45, 7) is 8.43. The second-order valence-corrected chi connectivity index (χ2v) is 3.71. The van der Waals surface area contributed by atoms with Gasteiger partial charge in [-0.15, -0.1) is 0 Å². The molecule has 1 aromatic heterocycles. The van der Waals surface area contributed by atoms with Crippen molar-refractivity contribution in [3.05, 3.63) is 36.3 Å². The highest BCUT2D eigenvalue weighted by Gasteiger charge is 2.24. The lowest BCUT2D eigenvalue weighted by atomic mass is 10.2. The van der Waals surface area contributed by atoms with Crippen LogP contribution >= 0.6 is 0 Å². The minimum absolute atomic E-state index is 0.483. The van der Waals surface area contributed by atoms with Crippen molar-refractivity contribution < 1.29 is 0 Å². The summed E-state index contributed by atoms with van der Waals surface area (Å²) in [5, 5.41) is 0. The zero-order valence-electron chi connectivity index (χ0n) is 8.12. The van der Waals surface area contributed by atoms with Gasteiger partial charge in [-0.2, -0.15) is 0 Å². The van der Waals surface area contributed by atoms with E-state index in [9.17, 15) is 0 Å². The van der Waals surface area contributed by atoms with Gasteiger partial charge in [0.1, 0.15) is 0 Å². The van der Waals surface area contributed by atoms with Crippen molar-refractivity contribution in [2.24, 2.45) is 0 Å². The molecule has 13 heavy (non-hydrogen) atoms. The van der Waals surface area contributed by atoms with Gasteiger partial charge in [-0.25, -0.2) is 0 Å². The van der Waals surface area contributed by atoms with E-state index in [1.165, 1.54) is 16.9 Å². The highest BCUT2D eigenvalue weighted by molar-refractivity contribution is 5.64. The van der Waals surface area contributed by atoms with Crippen molar-refractivity contribution in [2.45, 2.75) is 26.3 Å². The summed E-state index contributed by atoms with van der Waals surface area (Å²) in [6, 6.07) is 2.55. The highest BCUT2D eigenvalue weighted by atomic mass is 15.2. The average molecular weight is 174 g/mol. The number of rotatable bonds is 1. The Balaban J connectivity index is 2.46. The second kappa shape index (κ2) is 2.87. The van der Waals surface area contributed by atoms with Gasteiger partial charge in [-0.05, 0) is 25.5 Å². The molecule has 1 aliphatic heterocycles. The molecule has 68 valence electrons. The van der Waals surface area contributed by atoms with Gasteiger partial charge in [0.05, 0.1) is 0 Å². The van der Waals surface area contributed by atoms with Crippen LogP contribution in [0.25, 0.3) is 0 Å². The molecular formula is C11H14N2. The standard InChI is InChI=1S/C11H14N2/c1-8(2)13-9(3)6-10-7-12-5-4-11(10)13/h4-5,7-8H,3,6H2,1-2H3. The van der Waals surface area contributed by atoms with Crippen LogP contribution < -0.4 is 4.90 Å². The maximum atomic E-state index is 4.12. The van der Waals surface area contributed by atoms with Crippen molar-refractivity contribution in [1.82, 2.24) is 4.98 Å². The molecule has 1 aromatic rings. The van der Waals surface area contributed by atoms with Crippen LogP contribution in [-0.4, -0.2) is 11.0 Å². The summed E-state index contributed by atoms with van der Waals surface area (Å²) in [6.07, 6.45) is 4.72. The van der Waals surface area contributed by atoms with Gasteiger partial charge in [-0.3, -0.25) is 4.98 Å². The van der Waals surface area contributed by atoms with E-state index in [1.807, 2.05) is 12.4 Å². The summed E-state index contributed by atoms with van der Waals surface area (Å²) >= 11 is 0. The maximum absolute atomic E-state index is 4.12. The molecule has 0 radical (unpaired) electrons. The normalized spacial score (nSPS) is 15.3. The van der Waals surface area contributed by atoms with Crippen LogP contribution in [-0.2, 0) is 6.42 Å². The second-order valence-electron chi connectivity index (χ2n) is 3.71. The van der Waals surface area contributed by atoms with E-state index in [0.29, 0.717) is 6.04 Å². The largest absolute Gasteiger partial charge is 0.343 e. The molecule has 0 spiro atoms. The Hall–Kier alpha value is -1.31. The predicted molar refractivity (Wildman–Crippen MR) is 54.7 cm³/mol. The lowest BCUT2D eigenvalue weighted by Crippen LogP contribution is -2.26. The van der Waals surface area contributed by atoms with Crippen LogP contribution in [0.1, 0.15) is 19.4 Å². The molecule has 0 aliphatic carbocycles. The summed E-state index contributed by atoms with van der Waals surface area (Å²) in [4.78, 5) is 6.39. The Morgan fingerprint density at radius 1 is 1.54 bits per heavy atom.